The molecule has 5 rings (SSSR count). The number of carbonyl (C=O) groups is 2. The first-order valence-electron chi connectivity index (χ1n) is 13.3. The summed E-state index contributed by atoms with van der Waals surface area (Å²) >= 11 is 0. The first-order chi connectivity index (χ1) is 19.7. The van der Waals surface area contributed by atoms with Gasteiger partial charge in [0.05, 0.1) is 17.4 Å². The van der Waals surface area contributed by atoms with E-state index in [1.807, 2.05) is 82.3 Å². The fraction of sp³-hybridized carbons (Fsp3) is 0.152. The van der Waals surface area contributed by atoms with Gasteiger partial charge in [0.1, 0.15) is 0 Å². The summed E-state index contributed by atoms with van der Waals surface area (Å²) in [5.41, 5.74) is 4.66. The van der Waals surface area contributed by atoms with Gasteiger partial charge in [-0.3, -0.25) is 14.4 Å². The van der Waals surface area contributed by atoms with E-state index in [-0.39, 0.29) is 17.5 Å². The Kier molecular flexibility index (Phi) is 7.65. The van der Waals surface area contributed by atoms with Gasteiger partial charge in [0.2, 0.25) is 5.95 Å². The van der Waals surface area contributed by atoms with Crippen LogP contribution in [0.5, 0.6) is 0 Å². The van der Waals surface area contributed by atoms with Crippen molar-refractivity contribution in [3.8, 4) is 22.5 Å². The zero-order valence-electron chi connectivity index (χ0n) is 23.3. The van der Waals surface area contributed by atoms with Crippen LogP contribution in [0.4, 0.5) is 5.95 Å². The lowest BCUT2D eigenvalue weighted by Gasteiger charge is -2.21. The minimum atomic E-state index is -0.547. The number of anilines is 1. The van der Waals surface area contributed by atoms with Gasteiger partial charge in [-0.05, 0) is 58.0 Å². The van der Waals surface area contributed by atoms with Crippen LogP contribution in [0, 0.1) is 13.8 Å². The van der Waals surface area contributed by atoms with Crippen molar-refractivity contribution < 1.29 is 9.59 Å². The summed E-state index contributed by atoms with van der Waals surface area (Å²) < 4.78 is 1.39. The average molecular weight is 544 g/mol. The van der Waals surface area contributed by atoms with Gasteiger partial charge in [0, 0.05) is 34.5 Å². The molecule has 2 aromatic heterocycles. The van der Waals surface area contributed by atoms with Gasteiger partial charge in [0.25, 0.3) is 17.4 Å². The third-order valence-corrected chi connectivity index (χ3v) is 6.62. The summed E-state index contributed by atoms with van der Waals surface area (Å²) in [4.78, 5) is 50.4. The fourth-order valence-electron chi connectivity index (χ4n) is 4.35. The van der Waals surface area contributed by atoms with E-state index >= 15 is 0 Å². The Morgan fingerprint density at radius 1 is 0.756 bits per heavy atom. The van der Waals surface area contributed by atoms with Crippen molar-refractivity contribution in [2.75, 3.05) is 4.90 Å². The summed E-state index contributed by atoms with van der Waals surface area (Å²) in [6, 6.07) is 26.3. The molecule has 8 nitrogen and oxygen atoms in total. The summed E-state index contributed by atoms with van der Waals surface area (Å²) in [5, 5.41) is 4.56. The number of imide groups is 1. The highest BCUT2D eigenvalue weighted by molar-refractivity contribution is 6.25. The lowest BCUT2D eigenvalue weighted by atomic mass is 10.0. The van der Waals surface area contributed by atoms with Gasteiger partial charge < -0.3 is 0 Å². The van der Waals surface area contributed by atoms with Gasteiger partial charge in [0.15, 0.2) is 0 Å². The Balaban J connectivity index is 1.70. The second kappa shape index (κ2) is 11.5. The predicted octanol–water partition coefficient (Wildman–Crippen LogP) is 6.05. The first kappa shape index (κ1) is 27.3. The molecule has 0 radical (unpaired) electrons. The van der Waals surface area contributed by atoms with Crippen LogP contribution in [0.1, 0.15) is 51.7 Å². The second-order valence-corrected chi connectivity index (χ2v) is 10.1. The summed E-state index contributed by atoms with van der Waals surface area (Å²) in [7, 11) is 0. The average Bonchev–Trinajstić information content (AvgIpc) is 2.98. The number of nitrogens with zero attached hydrogens (tertiary/aromatic N) is 5. The van der Waals surface area contributed by atoms with E-state index in [0.717, 1.165) is 21.6 Å². The quantitative estimate of drug-likeness (QED) is 0.242. The number of aryl methyl sites for hydroxylation is 2. The van der Waals surface area contributed by atoms with Crippen LogP contribution in [-0.2, 0) is 0 Å². The number of aromatic nitrogens is 4. The fourth-order valence-corrected chi connectivity index (χ4v) is 4.35. The van der Waals surface area contributed by atoms with E-state index < -0.39 is 11.8 Å². The van der Waals surface area contributed by atoms with Crippen LogP contribution >= 0.6 is 0 Å². The molecule has 0 bridgehead atoms. The molecule has 0 atom stereocenters. The molecule has 0 aliphatic carbocycles. The maximum atomic E-state index is 13.9. The van der Waals surface area contributed by atoms with Crippen molar-refractivity contribution in [2.24, 2.45) is 0 Å². The second-order valence-electron chi connectivity index (χ2n) is 10.1. The van der Waals surface area contributed by atoms with Crippen LogP contribution in [0.25, 0.3) is 22.5 Å². The van der Waals surface area contributed by atoms with Gasteiger partial charge in [-0.1, -0.05) is 65.7 Å². The molecule has 0 fully saturated rings. The predicted molar refractivity (Wildman–Crippen MR) is 159 cm³/mol. The monoisotopic (exact) mass is 543 g/mol. The largest absolute Gasteiger partial charge is 0.268 e. The van der Waals surface area contributed by atoms with Crippen LogP contribution in [0.2, 0.25) is 0 Å². The van der Waals surface area contributed by atoms with E-state index in [2.05, 4.69) is 10.1 Å². The summed E-state index contributed by atoms with van der Waals surface area (Å²) in [6.07, 6.45) is 1.54. The zero-order chi connectivity index (χ0) is 29.1. The van der Waals surface area contributed by atoms with E-state index in [0.29, 0.717) is 28.1 Å². The van der Waals surface area contributed by atoms with Crippen molar-refractivity contribution in [3.63, 3.8) is 0 Å². The Bertz CT molecular complexity index is 1720. The molecule has 3 aromatic carbocycles. The van der Waals surface area contributed by atoms with Gasteiger partial charge in [-0.15, -0.1) is 0 Å². The third kappa shape index (κ3) is 5.72. The Labute approximate surface area is 238 Å². The lowest BCUT2D eigenvalue weighted by Crippen LogP contribution is -2.38. The molecule has 204 valence electrons. The first-order valence-corrected chi connectivity index (χ1v) is 13.3. The molecule has 2 heterocycles. The van der Waals surface area contributed by atoms with Gasteiger partial charge in [-0.2, -0.15) is 5.10 Å². The Morgan fingerprint density at radius 3 is 1.85 bits per heavy atom. The molecule has 8 heteroatoms. The lowest BCUT2D eigenvalue weighted by molar-refractivity contribution is 0.0895. The molecule has 0 saturated carbocycles. The smallest absolute Gasteiger partial charge is 0.267 e. The molecule has 0 N–H and O–H groups in total. The minimum Gasteiger partial charge on any atom is -0.268 e. The maximum Gasteiger partial charge on any atom is 0.267 e. The van der Waals surface area contributed by atoms with Crippen molar-refractivity contribution in [1.82, 2.24) is 19.7 Å². The zero-order valence-corrected chi connectivity index (χ0v) is 23.3. The highest BCUT2D eigenvalue weighted by atomic mass is 16.2. The number of amides is 2. The molecule has 0 unspecified atom stereocenters. The van der Waals surface area contributed by atoms with E-state index in [1.54, 1.807) is 36.5 Å². The minimum absolute atomic E-state index is 0.0686. The topological polar surface area (TPSA) is 98.1 Å². The van der Waals surface area contributed by atoms with Gasteiger partial charge >= 0.3 is 0 Å². The molecule has 0 aliphatic rings. The molecule has 0 saturated heterocycles. The van der Waals surface area contributed by atoms with Crippen molar-refractivity contribution in [3.05, 3.63) is 130 Å². The maximum absolute atomic E-state index is 13.9. The Hall–Kier alpha value is -5.24. The number of rotatable bonds is 6. The van der Waals surface area contributed by atoms with Crippen molar-refractivity contribution in [2.45, 2.75) is 33.7 Å². The van der Waals surface area contributed by atoms with E-state index in [1.165, 1.54) is 10.7 Å². The number of hydrogen-bond acceptors (Lipinski definition) is 6. The van der Waals surface area contributed by atoms with E-state index in [9.17, 15) is 14.4 Å². The highest BCUT2D eigenvalue weighted by Gasteiger charge is 2.29. The molecular weight excluding hydrogens is 514 g/mol. The number of benzene rings is 3. The molecule has 0 spiro atoms. The van der Waals surface area contributed by atoms with Crippen LogP contribution in [-0.4, -0.2) is 31.6 Å². The third-order valence-electron chi connectivity index (χ3n) is 6.62. The molecule has 5 aromatic rings. The molecular formula is C33H29N5O3. The van der Waals surface area contributed by atoms with E-state index in [4.69, 9.17) is 4.98 Å². The molecule has 41 heavy (non-hydrogen) atoms. The SMILES string of the molecule is Cc1ccc(C(=O)N(C(=O)c2ccc(C)cc2)c2ncc(-c3ccc(=O)n(C(C)C)n3)c(-c3ccccc3)n2)cc1. The molecule has 0 aliphatic heterocycles. The number of hydrogen-bond donors (Lipinski definition) is 0. The highest BCUT2D eigenvalue weighted by Crippen LogP contribution is 2.31. The van der Waals surface area contributed by atoms with Crippen molar-refractivity contribution >= 4 is 17.8 Å². The van der Waals surface area contributed by atoms with Crippen LogP contribution in [0.3, 0.4) is 0 Å². The number of carbonyl (C=O) groups excluding carboxylic acids is 2. The van der Waals surface area contributed by atoms with Gasteiger partial charge in [-0.25, -0.2) is 19.5 Å². The standard InChI is InChI=1S/C33H29N5O3/c1-21(2)38-29(39)19-18-28(36-38)27-20-34-33(35-30(27)24-8-6-5-7-9-24)37(31(40)25-14-10-22(3)11-15-25)32(41)26-16-12-23(4)13-17-26/h5-21H,1-4H3. The Morgan fingerprint density at radius 2 is 1.32 bits per heavy atom. The molecule has 2 amide bonds. The van der Waals surface area contributed by atoms with Crippen molar-refractivity contribution in [1.29, 1.82) is 0 Å². The van der Waals surface area contributed by atoms with Crippen LogP contribution in [0.15, 0.2) is 102 Å². The summed E-state index contributed by atoms with van der Waals surface area (Å²) in [5.74, 6) is -1.16. The normalized spacial score (nSPS) is 11.0. The van der Waals surface area contributed by atoms with Crippen LogP contribution < -0.4 is 10.5 Å². The summed E-state index contributed by atoms with van der Waals surface area (Å²) in [6.45, 7) is 7.60.